The van der Waals surface area contributed by atoms with E-state index in [0.717, 1.165) is 31.2 Å². The smallest absolute Gasteiger partial charge is 0.0695 e. The van der Waals surface area contributed by atoms with E-state index in [1.807, 2.05) is 18.6 Å². The molecule has 2 bridgehead atoms. The van der Waals surface area contributed by atoms with Crippen LogP contribution >= 0.6 is 0 Å². The number of rotatable bonds is 5. The number of piperidine rings is 1. The van der Waals surface area contributed by atoms with Crippen molar-refractivity contribution in [1.29, 1.82) is 0 Å². The van der Waals surface area contributed by atoms with Crippen LogP contribution in [0.5, 0.6) is 0 Å². The average Bonchev–Trinajstić information content (AvgIpc) is 3.02. The highest BCUT2D eigenvalue weighted by Crippen LogP contribution is 2.31. The van der Waals surface area contributed by atoms with E-state index in [0.29, 0.717) is 6.04 Å². The molecular formula is C23H27N5. The molecule has 3 aliphatic rings. The lowest BCUT2D eigenvalue weighted by atomic mass is 9.94. The van der Waals surface area contributed by atoms with Gasteiger partial charge >= 0.3 is 0 Å². The van der Waals surface area contributed by atoms with Crippen molar-refractivity contribution >= 4 is 0 Å². The van der Waals surface area contributed by atoms with Crippen molar-refractivity contribution in [2.24, 2.45) is 5.92 Å². The summed E-state index contributed by atoms with van der Waals surface area (Å²) >= 11 is 0. The van der Waals surface area contributed by atoms with Gasteiger partial charge in [0.1, 0.15) is 0 Å². The predicted molar refractivity (Wildman–Crippen MR) is 110 cm³/mol. The fraction of sp³-hybridized carbons (Fsp3) is 0.391. The summed E-state index contributed by atoms with van der Waals surface area (Å²) in [5, 5.41) is 7.57. The lowest BCUT2D eigenvalue weighted by Gasteiger charge is -2.36. The number of fused-ring (bicyclic) bond motifs is 4. The zero-order valence-corrected chi connectivity index (χ0v) is 16.2. The third-order valence-electron chi connectivity index (χ3n) is 6.21. The van der Waals surface area contributed by atoms with Crippen molar-refractivity contribution in [2.75, 3.05) is 19.6 Å². The zero-order chi connectivity index (χ0) is 18.8. The number of aromatic amines is 1. The Hall–Kier alpha value is -2.50. The Morgan fingerprint density at radius 1 is 0.929 bits per heavy atom. The van der Waals surface area contributed by atoms with Gasteiger partial charge in [0.2, 0.25) is 0 Å². The van der Waals surface area contributed by atoms with Crippen LogP contribution in [0, 0.1) is 5.92 Å². The first-order valence-corrected chi connectivity index (χ1v) is 10.3. The minimum absolute atomic E-state index is 0.624. The van der Waals surface area contributed by atoms with Gasteiger partial charge in [-0.25, -0.2) is 0 Å². The summed E-state index contributed by atoms with van der Waals surface area (Å²) in [5.74, 6) is 0.757. The number of H-pyrrole nitrogens is 1. The molecular weight excluding hydrogens is 346 g/mol. The summed E-state index contributed by atoms with van der Waals surface area (Å²) in [4.78, 5) is 9.49. The van der Waals surface area contributed by atoms with Crippen LogP contribution in [0.15, 0.2) is 61.1 Å². The quantitative estimate of drug-likeness (QED) is 0.743. The molecule has 6 rings (SSSR count). The highest BCUT2D eigenvalue weighted by atomic mass is 15.3. The Balaban J connectivity index is 1.31. The summed E-state index contributed by atoms with van der Waals surface area (Å²) in [6.07, 6.45) is 8.47. The van der Waals surface area contributed by atoms with Crippen LogP contribution in [-0.2, 0) is 13.1 Å². The topological polar surface area (TPSA) is 48.1 Å². The van der Waals surface area contributed by atoms with Gasteiger partial charge in [0.15, 0.2) is 0 Å². The molecule has 0 aliphatic carbocycles. The van der Waals surface area contributed by atoms with Crippen LogP contribution in [0.2, 0.25) is 0 Å². The molecule has 0 amide bonds. The monoisotopic (exact) mass is 373 g/mol. The second kappa shape index (κ2) is 7.86. The molecule has 3 fully saturated rings. The summed E-state index contributed by atoms with van der Waals surface area (Å²) in [5.41, 5.74) is 5.05. The Bertz CT molecular complexity index is 892. The maximum atomic E-state index is 4.35. The Labute approximate surface area is 166 Å². The molecule has 2 aromatic heterocycles. The van der Waals surface area contributed by atoms with Gasteiger partial charge in [-0.3, -0.25) is 19.9 Å². The van der Waals surface area contributed by atoms with Crippen molar-refractivity contribution in [2.45, 2.75) is 32.0 Å². The Morgan fingerprint density at radius 2 is 1.79 bits per heavy atom. The van der Waals surface area contributed by atoms with E-state index in [1.54, 1.807) is 0 Å². The van der Waals surface area contributed by atoms with Gasteiger partial charge in [-0.05, 0) is 42.0 Å². The minimum atomic E-state index is 0.624. The fourth-order valence-corrected chi connectivity index (χ4v) is 4.85. The van der Waals surface area contributed by atoms with E-state index < -0.39 is 0 Å². The van der Waals surface area contributed by atoms with Crippen molar-refractivity contribution in [3.63, 3.8) is 0 Å². The number of aromatic nitrogens is 3. The molecule has 1 aromatic carbocycles. The van der Waals surface area contributed by atoms with E-state index in [4.69, 9.17) is 0 Å². The highest BCUT2D eigenvalue weighted by molar-refractivity contribution is 5.62. The number of pyridine rings is 1. The first kappa shape index (κ1) is 17.6. The van der Waals surface area contributed by atoms with Gasteiger partial charge in [0, 0.05) is 56.7 Å². The van der Waals surface area contributed by atoms with Gasteiger partial charge in [-0.15, -0.1) is 0 Å². The van der Waals surface area contributed by atoms with Crippen LogP contribution in [0.4, 0.5) is 0 Å². The second-order valence-electron chi connectivity index (χ2n) is 8.21. The van der Waals surface area contributed by atoms with Gasteiger partial charge in [-0.1, -0.05) is 30.3 Å². The maximum Gasteiger partial charge on any atom is 0.0695 e. The highest BCUT2D eigenvalue weighted by Gasteiger charge is 2.35. The third-order valence-corrected chi connectivity index (χ3v) is 6.21. The average molecular weight is 374 g/mol. The standard InChI is InChI=1S/C23H27N5/c1-2-4-20(5-3-1)23-21(12-25-26-23)16-28-15-19-6-7-22(28)17-27(14-19)13-18-8-10-24-11-9-18/h1-5,8-12,19,22H,6-7,13-17H2,(H,25,26)/t19-,22+/m0/s1. The molecule has 28 heavy (non-hydrogen) atoms. The maximum absolute atomic E-state index is 4.35. The van der Waals surface area contributed by atoms with Crippen LogP contribution in [0.3, 0.4) is 0 Å². The number of benzene rings is 1. The van der Waals surface area contributed by atoms with E-state index >= 15 is 0 Å². The SMILES string of the molecule is c1ccc(-c2[nH]ncc2CN2C[C@H]3CC[C@@H]2CN(Cc2ccncc2)C3)cc1. The van der Waals surface area contributed by atoms with Gasteiger partial charge < -0.3 is 0 Å². The Kier molecular flexibility index (Phi) is 4.93. The van der Waals surface area contributed by atoms with Crippen LogP contribution in [0.1, 0.15) is 24.0 Å². The van der Waals surface area contributed by atoms with Crippen molar-refractivity contribution in [1.82, 2.24) is 25.0 Å². The summed E-state index contributed by atoms with van der Waals surface area (Å²) in [6, 6.07) is 15.5. The first-order valence-electron chi connectivity index (χ1n) is 10.3. The van der Waals surface area contributed by atoms with Crippen molar-refractivity contribution < 1.29 is 0 Å². The molecule has 0 spiro atoms. The number of hydrogen-bond donors (Lipinski definition) is 1. The van der Waals surface area contributed by atoms with E-state index in [-0.39, 0.29) is 0 Å². The van der Waals surface area contributed by atoms with E-state index in [1.165, 1.54) is 42.6 Å². The van der Waals surface area contributed by atoms with Crippen molar-refractivity contribution in [3.05, 3.63) is 72.2 Å². The van der Waals surface area contributed by atoms with Crippen molar-refractivity contribution in [3.8, 4) is 11.3 Å². The van der Waals surface area contributed by atoms with Gasteiger partial charge in [-0.2, -0.15) is 5.10 Å². The molecule has 5 heterocycles. The molecule has 5 heteroatoms. The molecule has 3 aliphatic heterocycles. The molecule has 2 atom stereocenters. The summed E-state index contributed by atoms with van der Waals surface area (Å²) in [7, 11) is 0. The lowest BCUT2D eigenvalue weighted by molar-refractivity contribution is 0.123. The summed E-state index contributed by atoms with van der Waals surface area (Å²) < 4.78 is 0. The molecule has 3 aromatic rings. The zero-order valence-electron chi connectivity index (χ0n) is 16.2. The molecule has 5 nitrogen and oxygen atoms in total. The van der Waals surface area contributed by atoms with Gasteiger partial charge in [0.25, 0.3) is 0 Å². The number of nitrogens with one attached hydrogen (secondary N) is 1. The summed E-state index contributed by atoms with van der Waals surface area (Å²) in [6.45, 7) is 5.55. The van der Waals surface area contributed by atoms with E-state index in [2.05, 4.69) is 67.4 Å². The van der Waals surface area contributed by atoms with E-state index in [9.17, 15) is 0 Å². The third kappa shape index (κ3) is 3.73. The van der Waals surface area contributed by atoms with Gasteiger partial charge in [0.05, 0.1) is 11.9 Å². The minimum Gasteiger partial charge on any atom is -0.297 e. The molecule has 0 radical (unpaired) electrons. The molecule has 1 N–H and O–H groups in total. The fourth-order valence-electron chi connectivity index (χ4n) is 4.85. The normalized spacial score (nSPS) is 23.0. The molecule has 0 saturated carbocycles. The predicted octanol–water partition coefficient (Wildman–Crippen LogP) is 3.57. The second-order valence-corrected chi connectivity index (χ2v) is 8.21. The first-order chi connectivity index (χ1) is 13.8. The molecule has 0 unspecified atom stereocenters. The molecule has 3 saturated heterocycles. The molecule has 144 valence electrons. The van der Waals surface area contributed by atoms with Crippen LogP contribution in [0.25, 0.3) is 11.3 Å². The number of nitrogens with zero attached hydrogens (tertiary/aromatic N) is 4. The number of hydrogen-bond acceptors (Lipinski definition) is 4. The van der Waals surface area contributed by atoms with Crippen LogP contribution < -0.4 is 0 Å². The Morgan fingerprint density at radius 3 is 2.64 bits per heavy atom. The largest absolute Gasteiger partial charge is 0.297 e. The lowest BCUT2D eigenvalue weighted by Crippen LogP contribution is -2.43. The van der Waals surface area contributed by atoms with Crippen LogP contribution in [-0.4, -0.2) is 50.7 Å².